The Labute approximate surface area is 247 Å². The van der Waals surface area contributed by atoms with Gasteiger partial charge in [-0.2, -0.15) is 0 Å². The van der Waals surface area contributed by atoms with Gasteiger partial charge >= 0.3 is 0 Å². The maximum Gasteiger partial charge on any atom is 0.127 e. The average molecular weight is 561 g/mol. The lowest BCUT2D eigenvalue weighted by atomic mass is 9.79. The first-order chi connectivity index (χ1) is 19.8. The van der Waals surface area contributed by atoms with Crippen LogP contribution in [0.15, 0.2) is 42.5 Å². The number of hydrogen-bond donors (Lipinski definition) is 1. The van der Waals surface area contributed by atoms with E-state index in [-0.39, 0.29) is 5.54 Å². The first kappa shape index (κ1) is 30.0. The van der Waals surface area contributed by atoms with Crippen LogP contribution in [0, 0.1) is 0 Å². The van der Waals surface area contributed by atoms with Gasteiger partial charge in [-0.15, -0.1) is 0 Å². The lowest BCUT2D eigenvalue weighted by molar-refractivity contribution is 0.0506. The Bertz CT molecular complexity index is 1280. The predicted octanol–water partition coefficient (Wildman–Crippen LogP) is 5.64. The SMILES string of the molecule is CCCC(c1nc2cc(CN3CCC(c4cccc(OC)c4)(N(C)C)CC3)ccc2n1CC)N1C[C@@H](C)N[C@@H](C)C1. The Balaban J connectivity index is 1.34. The molecule has 7 nitrogen and oxygen atoms in total. The van der Waals surface area contributed by atoms with Crippen molar-refractivity contribution in [2.75, 3.05) is 47.4 Å². The van der Waals surface area contributed by atoms with Crippen molar-refractivity contribution in [3.05, 3.63) is 59.4 Å². The Kier molecular flexibility index (Phi) is 9.39. The van der Waals surface area contributed by atoms with Crippen LogP contribution in [0.1, 0.15) is 76.4 Å². The second kappa shape index (κ2) is 12.8. The molecule has 0 aliphatic carbocycles. The van der Waals surface area contributed by atoms with Gasteiger partial charge in [-0.3, -0.25) is 14.7 Å². The monoisotopic (exact) mass is 560 g/mol. The highest BCUT2D eigenvalue weighted by Gasteiger charge is 2.38. The fraction of sp³-hybridized carbons (Fsp3) is 0.618. The van der Waals surface area contributed by atoms with Crippen LogP contribution < -0.4 is 10.1 Å². The van der Waals surface area contributed by atoms with Gasteiger partial charge in [0.15, 0.2) is 0 Å². The zero-order valence-electron chi connectivity index (χ0n) is 26.5. The van der Waals surface area contributed by atoms with Crippen molar-refractivity contribution < 1.29 is 4.74 Å². The number of aryl methyl sites for hydroxylation is 1. The van der Waals surface area contributed by atoms with Crippen LogP contribution in [0.5, 0.6) is 5.75 Å². The minimum absolute atomic E-state index is 0.0387. The number of aromatic nitrogens is 2. The van der Waals surface area contributed by atoms with Gasteiger partial charge in [0.25, 0.3) is 0 Å². The number of benzene rings is 2. The molecule has 0 spiro atoms. The number of imidazole rings is 1. The summed E-state index contributed by atoms with van der Waals surface area (Å²) in [7, 11) is 6.19. The number of ether oxygens (including phenoxy) is 1. The third-order valence-electron chi connectivity index (χ3n) is 9.60. The number of piperazine rings is 1. The molecule has 1 aromatic heterocycles. The van der Waals surface area contributed by atoms with Crippen LogP contribution >= 0.6 is 0 Å². The first-order valence-electron chi connectivity index (χ1n) is 15.8. The van der Waals surface area contributed by atoms with Gasteiger partial charge in [0.2, 0.25) is 0 Å². The molecule has 2 aromatic carbocycles. The number of nitrogens with one attached hydrogen (secondary N) is 1. The molecule has 0 bridgehead atoms. The maximum absolute atomic E-state index is 5.55. The quantitative estimate of drug-likeness (QED) is 0.346. The molecule has 2 aliphatic rings. The van der Waals surface area contributed by atoms with E-state index in [1.54, 1.807) is 7.11 Å². The van der Waals surface area contributed by atoms with Crippen molar-refractivity contribution in [3.63, 3.8) is 0 Å². The van der Waals surface area contributed by atoms with Crippen LogP contribution in [-0.2, 0) is 18.6 Å². The van der Waals surface area contributed by atoms with Crippen molar-refractivity contribution in [1.82, 2.24) is 29.6 Å². The van der Waals surface area contributed by atoms with Gasteiger partial charge in [0.1, 0.15) is 11.6 Å². The summed E-state index contributed by atoms with van der Waals surface area (Å²) >= 11 is 0. The Morgan fingerprint density at radius 2 is 1.78 bits per heavy atom. The molecule has 1 N–H and O–H groups in total. The normalized spacial score (nSPS) is 22.8. The van der Waals surface area contributed by atoms with E-state index in [1.807, 2.05) is 6.07 Å². The molecule has 2 aliphatic heterocycles. The van der Waals surface area contributed by atoms with E-state index < -0.39 is 0 Å². The van der Waals surface area contributed by atoms with Crippen LogP contribution in [0.2, 0.25) is 0 Å². The predicted molar refractivity (Wildman–Crippen MR) is 170 cm³/mol. The summed E-state index contributed by atoms with van der Waals surface area (Å²) in [6.07, 6.45) is 4.51. The molecule has 0 saturated carbocycles. The van der Waals surface area contributed by atoms with E-state index in [0.29, 0.717) is 18.1 Å². The molecular formula is C34H52N6O. The zero-order chi connectivity index (χ0) is 29.1. The maximum atomic E-state index is 5.55. The topological polar surface area (TPSA) is 48.8 Å². The fourth-order valence-corrected chi connectivity index (χ4v) is 7.50. The molecular weight excluding hydrogens is 508 g/mol. The average Bonchev–Trinajstić information content (AvgIpc) is 3.33. The smallest absolute Gasteiger partial charge is 0.127 e. The van der Waals surface area contributed by atoms with Crippen molar-refractivity contribution in [3.8, 4) is 5.75 Å². The largest absolute Gasteiger partial charge is 0.497 e. The van der Waals surface area contributed by atoms with Gasteiger partial charge in [-0.05, 0) is 89.5 Å². The fourth-order valence-electron chi connectivity index (χ4n) is 7.50. The summed E-state index contributed by atoms with van der Waals surface area (Å²) in [5, 5.41) is 3.70. The number of nitrogens with zero attached hydrogens (tertiary/aromatic N) is 5. The molecule has 2 saturated heterocycles. The highest BCUT2D eigenvalue weighted by Crippen LogP contribution is 2.39. The van der Waals surface area contributed by atoms with Gasteiger partial charge < -0.3 is 14.6 Å². The molecule has 41 heavy (non-hydrogen) atoms. The summed E-state index contributed by atoms with van der Waals surface area (Å²) in [5.74, 6) is 2.18. The minimum atomic E-state index is 0.0387. The van der Waals surface area contributed by atoms with Crippen molar-refractivity contribution in [2.45, 2.75) is 90.1 Å². The number of piperidine rings is 1. The van der Waals surface area contributed by atoms with E-state index in [9.17, 15) is 0 Å². The molecule has 3 atom stereocenters. The highest BCUT2D eigenvalue weighted by atomic mass is 16.5. The van der Waals surface area contributed by atoms with Crippen LogP contribution in [0.4, 0.5) is 0 Å². The number of rotatable bonds is 10. The van der Waals surface area contributed by atoms with Gasteiger partial charge in [0.05, 0.1) is 24.2 Å². The molecule has 0 radical (unpaired) electrons. The molecule has 224 valence electrons. The molecule has 7 heteroatoms. The number of hydrogen-bond acceptors (Lipinski definition) is 6. The molecule has 2 fully saturated rings. The van der Waals surface area contributed by atoms with E-state index in [0.717, 1.165) is 76.2 Å². The summed E-state index contributed by atoms with van der Waals surface area (Å²) in [5.41, 5.74) is 5.17. The lowest BCUT2D eigenvalue weighted by Gasteiger charge is -2.46. The third-order valence-corrected chi connectivity index (χ3v) is 9.60. The summed E-state index contributed by atoms with van der Waals surface area (Å²) < 4.78 is 8.02. The van der Waals surface area contributed by atoms with Gasteiger partial charge in [-0.25, -0.2) is 4.98 Å². The Morgan fingerprint density at radius 1 is 1.05 bits per heavy atom. The molecule has 3 aromatic rings. The third kappa shape index (κ3) is 6.19. The summed E-state index contributed by atoms with van der Waals surface area (Å²) in [4.78, 5) is 13.1. The van der Waals surface area contributed by atoms with E-state index in [2.05, 4.69) is 103 Å². The van der Waals surface area contributed by atoms with E-state index in [1.165, 1.54) is 22.5 Å². The molecule has 5 rings (SSSR count). The lowest BCUT2D eigenvalue weighted by Crippen LogP contribution is -2.55. The van der Waals surface area contributed by atoms with Gasteiger partial charge in [-0.1, -0.05) is 31.5 Å². The standard InChI is InChI=1S/C34H52N6O/c1-8-11-32(39-22-25(3)35-26(4)23-39)33-36-30-20-27(14-15-31(30)40(33)9-2)24-38-18-16-34(17-19-38,37(5)6)28-12-10-13-29(21-28)41-7/h10,12-15,20-21,25-26,32,35H,8-9,11,16-19,22-24H2,1-7H3/t25-,26+,32?. The summed E-state index contributed by atoms with van der Waals surface area (Å²) in [6.45, 7) is 15.4. The number of fused-ring (bicyclic) bond motifs is 1. The number of likely N-dealkylation sites (tertiary alicyclic amines) is 1. The van der Waals surface area contributed by atoms with Crippen LogP contribution in [-0.4, -0.2) is 83.7 Å². The molecule has 1 unspecified atom stereocenters. The zero-order valence-corrected chi connectivity index (χ0v) is 26.5. The highest BCUT2D eigenvalue weighted by molar-refractivity contribution is 5.77. The van der Waals surface area contributed by atoms with Gasteiger partial charge in [0, 0.05) is 56.9 Å². The minimum Gasteiger partial charge on any atom is -0.497 e. The van der Waals surface area contributed by atoms with Crippen molar-refractivity contribution in [1.29, 1.82) is 0 Å². The first-order valence-corrected chi connectivity index (χ1v) is 15.8. The number of methoxy groups -OCH3 is 1. The molecule has 0 amide bonds. The van der Waals surface area contributed by atoms with E-state index in [4.69, 9.17) is 9.72 Å². The van der Waals surface area contributed by atoms with Crippen molar-refractivity contribution >= 4 is 11.0 Å². The second-order valence-electron chi connectivity index (χ2n) is 12.7. The molecule has 3 heterocycles. The van der Waals surface area contributed by atoms with Crippen molar-refractivity contribution in [2.24, 2.45) is 0 Å². The van der Waals surface area contributed by atoms with E-state index >= 15 is 0 Å². The Hall–Kier alpha value is -2.45. The van der Waals surface area contributed by atoms with Crippen LogP contribution in [0.3, 0.4) is 0 Å². The van der Waals surface area contributed by atoms with Crippen LogP contribution in [0.25, 0.3) is 11.0 Å². The summed E-state index contributed by atoms with van der Waals surface area (Å²) in [6, 6.07) is 17.0. The second-order valence-corrected chi connectivity index (χ2v) is 12.7. The Morgan fingerprint density at radius 3 is 2.41 bits per heavy atom.